The number of rotatable bonds is 2. The first kappa shape index (κ1) is 16.9. The highest BCUT2D eigenvalue weighted by molar-refractivity contribution is 6.00. The molecule has 1 atom stereocenters. The van der Waals surface area contributed by atoms with Crippen molar-refractivity contribution in [3.05, 3.63) is 23.8 Å². The van der Waals surface area contributed by atoms with Crippen molar-refractivity contribution >= 4 is 22.9 Å². The number of hydrogen-bond donors (Lipinski definition) is 0. The van der Waals surface area contributed by atoms with E-state index in [1.807, 2.05) is 0 Å². The topological polar surface area (TPSA) is 38.1 Å². The van der Waals surface area contributed by atoms with E-state index >= 15 is 0 Å². The Kier molecular flexibility index (Phi) is 3.01. The van der Waals surface area contributed by atoms with E-state index in [1.54, 1.807) is 4.57 Å². The zero-order valence-electron chi connectivity index (χ0n) is 14.4. The Hall–Kier alpha value is -2.19. The molecular weight excluding hydrogens is 369 g/mol. The molecular formula is C18H16F5N3O. The molecule has 2 heterocycles. The SMILES string of the molecule is CC(C(=O)N1c2nc3cc(F)c(F)cc3n2C12CCC2)C1(C(F)(F)F)CC1. The van der Waals surface area contributed by atoms with Crippen LogP contribution in [-0.2, 0) is 10.5 Å². The molecule has 144 valence electrons. The average molecular weight is 385 g/mol. The van der Waals surface area contributed by atoms with E-state index in [0.717, 1.165) is 18.6 Å². The van der Waals surface area contributed by atoms with Gasteiger partial charge in [0.15, 0.2) is 11.6 Å². The molecule has 0 radical (unpaired) electrons. The Morgan fingerprint density at radius 1 is 1.15 bits per heavy atom. The Morgan fingerprint density at radius 3 is 2.30 bits per heavy atom. The van der Waals surface area contributed by atoms with Gasteiger partial charge in [-0.05, 0) is 32.1 Å². The second-order valence-corrected chi connectivity index (χ2v) is 7.89. The van der Waals surface area contributed by atoms with Crippen molar-refractivity contribution in [1.82, 2.24) is 9.55 Å². The predicted octanol–water partition coefficient (Wildman–Crippen LogP) is 4.48. The highest BCUT2D eigenvalue weighted by Crippen LogP contribution is 2.64. The van der Waals surface area contributed by atoms with Crippen LogP contribution < -0.4 is 4.90 Å². The van der Waals surface area contributed by atoms with Crippen molar-refractivity contribution in [2.24, 2.45) is 11.3 Å². The van der Waals surface area contributed by atoms with Gasteiger partial charge in [0.2, 0.25) is 11.9 Å². The van der Waals surface area contributed by atoms with Gasteiger partial charge in [-0.15, -0.1) is 0 Å². The molecule has 9 heteroatoms. The molecule has 1 aromatic heterocycles. The van der Waals surface area contributed by atoms with Crippen molar-refractivity contribution in [2.45, 2.75) is 50.9 Å². The zero-order chi connectivity index (χ0) is 19.4. The van der Waals surface area contributed by atoms with Crippen LogP contribution >= 0.6 is 0 Å². The Labute approximate surface area is 150 Å². The van der Waals surface area contributed by atoms with E-state index in [1.165, 1.54) is 11.8 Å². The van der Waals surface area contributed by atoms with Gasteiger partial charge >= 0.3 is 6.18 Å². The molecule has 1 amide bonds. The number of carbonyl (C=O) groups is 1. The molecule has 3 aliphatic rings. The lowest BCUT2D eigenvalue weighted by molar-refractivity contribution is -0.202. The number of fused-ring (bicyclic) bond motifs is 4. The summed E-state index contributed by atoms with van der Waals surface area (Å²) < 4.78 is 69.3. The Morgan fingerprint density at radius 2 is 1.78 bits per heavy atom. The summed E-state index contributed by atoms with van der Waals surface area (Å²) in [5.74, 6) is -3.75. The van der Waals surface area contributed by atoms with Gasteiger partial charge in [0.05, 0.1) is 22.4 Å². The number of carbonyl (C=O) groups excluding carboxylic acids is 1. The highest BCUT2D eigenvalue weighted by atomic mass is 19.4. The Balaban J connectivity index is 1.59. The van der Waals surface area contributed by atoms with Gasteiger partial charge in [-0.1, -0.05) is 6.92 Å². The molecule has 4 nitrogen and oxygen atoms in total. The second-order valence-electron chi connectivity index (χ2n) is 7.89. The van der Waals surface area contributed by atoms with Crippen molar-refractivity contribution in [3.8, 4) is 0 Å². The molecule has 1 aromatic carbocycles. The van der Waals surface area contributed by atoms with Gasteiger partial charge in [0, 0.05) is 12.1 Å². The van der Waals surface area contributed by atoms with Crippen molar-refractivity contribution in [3.63, 3.8) is 0 Å². The molecule has 0 N–H and O–H groups in total. The summed E-state index contributed by atoms with van der Waals surface area (Å²) in [5, 5.41) is 0. The lowest BCUT2D eigenvalue weighted by Gasteiger charge is -2.58. The van der Waals surface area contributed by atoms with Crippen LogP contribution in [0.1, 0.15) is 39.0 Å². The van der Waals surface area contributed by atoms with Crippen LogP contribution in [0.2, 0.25) is 0 Å². The van der Waals surface area contributed by atoms with E-state index in [9.17, 15) is 26.7 Å². The summed E-state index contributed by atoms with van der Waals surface area (Å²) >= 11 is 0. The summed E-state index contributed by atoms with van der Waals surface area (Å²) in [6, 6.07) is 1.98. The van der Waals surface area contributed by atoms with Crippen LogP contribution in [0.25, 0.3) is 11.0 Å². The van der Waals surface area contributed by atoms with E-state index in [4.69, 9.17) is 0 Å². The standard InChI is InChI=1S/C18H16F5N3O/c1-9(16(5-6-16)18(21,22)23)14(27)26-15-24-12-7-10(19)11(20)8-13(12)25(15)17(26)3-2-4-17/h7-9H,2-6H2,1H3. The monoisotopic (exact) mass is 385 g/mol. The molecule has 1 spiro atoms. The number of halogens is 5. The first-order valence-corrected chi connectivity index (χ1v) is 8.91. The van der Waals surface area contributed by atoms with Crippen LogP contribution in [-0.4, -0.2) is 21.6 Å². The van der Waals surface area contributed by atoms with Gasteiger partial charge in [0.25, 0.3) is 0 Å². The van der Waals surface area contributed by atoms with Gasteiger partial charge in [-0.25, -0.2) is 13.8 Å². The fourth-order valence-electron chi connectivity index (χ4n) is 4.63. The molecule has 5 rings (SSSR count). The number of benzene rings is 1. The maximum Gasteiger partial charge on any atom is 0.395 e. The van der Waals surface area contributed by atoms with Gasteiger partial charge in [-0.3, -0.25) is 14.3 Å². The fourth-order valence-corrected chi connectivity index (χ4v) is 4.63. The number of hydrogen-bond acceptors (Lipinski definition) is 2. The van der Waals surface area contributed by atoms with Crippen molar-refractivity contribution in [1.29, 1.82) is 0 Å². The summed E-state index contributed by atoms with van der Waals surface area (Å²) in [7, 11) is 0. The first-order valence-electron chi connectivity index (χ1n) is 8.91. The smallest absolute Gasteiger partial charge is 0.285 e. The second kappa shape index (κ2) is 4.80. The number of anilines is 1. The molecule has 2 fully saturated rings. The summed E-state index contributed by atoms with van der Waals surface area (Å²) in [6.07, 6.45) is -2.64. The third-order valence-corrected chi connectivity index (χ3v) is 6.64. The largest absolute Gasteiger partial charge is 0.395 e. The first-order chi connectivity index (χ1) is 12.6. The number of aromatic nitrogens is 2. The minimum Gasteiger partial charge on any atom is -0.285 e. The lowest BCUT2D eigenvalue weighted by Crippen LogP contribution is -2.67. The quantitative estimate of drug-likeness (QED) is 0.715. The molecule has 27 heavy (non-hydrogen) atoms. The van der Waals surface area contributed by atoms with Crippen LogP contribution in [0.3, 0.4) is 0 Å². The van der Waals surface area contributed by atoms with Gasteiger partial charge in [-0.2, -0.15) is 13.2 Å². The summed E-state index contributed by atoms with van der Waals surface area (Å²) in [4.78, 5) is 18.6. The molecule has 1 unspecified atom stereocenters. The molecule has 0 saturated heterocycles. The van der Waals surface area contributed by atoms with Crippen molar-refractivity contribution in [2.75, 3.05) is 4.90 Å². The minimum atomic E-state index is -4.44. The highest BCUT2D eigenvalue weighted by Gasteiger charge is 2.70. The van der Waals surface area contributed by atoms with Crippen LogP contribution in [0.5, 0.6) is 0 Å². The van der Waals surface area contributed by atoms with Crippen molar-refractivity contribution < 1.29 is 26.7 Å². The number of nitrogens with zero attached hydrogens (tertiary/aromatic N) is 3. The number of imidazole rings is 1. The fraction of sp³-hybridized carbons (Fsp3) is 0.556. The molecule has 2 aromatic rings. The zero-order valence-corrected chi connectivity index (χ0v) is 14.4. The van der Waals surface area contributed by atoms with E-state index in [0.29, 0.717) is 18.4 Å². The lowest BCUT2D eigenvalue weighted by atomic mass is 9.78. The van der Waals surface area contributed by atoms with E-state index < -0.39 is 40.7 Å². The van der Waals surface area contributed by atoms with E-state index in [2.05, 4.69) is 4.98 Å². The van der Waals surface area contributed by atoms with Gasteiger partial charge < -0.3 is 0 Å². The van der Waals surface area contributed by atoms with Gasteiger partial charge in [0.1, 0.15) is 5.66 Å². The molecule has 2 saturated carbocycles. The maximum absolute atomic E-state index is 13.7. The van der Waals surface area contributed by atoms with Crippen LogP contribution in [0.15, 0.2) is 12.1 Å². The minimum absolute atomic E-state index is 0.0584. The third-order valence-electron chi connectivity index (χ3n) is 6.64. The molecule has 2 aliphatic carbocycles. The summed E-state index contributed by atoms with van der Waals surface area (Å²) in [6.45, 7) is 1.32. The van der Waals surface area contributed by atoms with Crippen LogP contribution in [0.4, 0.5) is 27.9 Å². The number of alkyl halides is 3. The normalized spacial score (nSPS) is 23.0. The number of amides is 1. The Bertz CT molecular complexity index is 987. The molecule has 0 bridgehead atoms. The van der Waals surface area contributed by atoms with Crippen LogP contribution in [0, 0.1) is 23.0 Å². The maximum atomic E-state index is 13.7. The average Bonchev–Trinajstić information content (AvgIpc) is 3.29. The predicted molar refractivity (Wildman–Crippen MR) is 85.8 cm³/mol. The summed E-state index contributed by atoms with van der Waals surface area (Å²) in [5.41, 5.74) is -2.23. The van der Waals surface area contributed by atoms with E-state index in [-0.39, 0.29) is 24.3 Å². The molecule has 1 aliphatic heterocycles. The third kappa shape index (κ3) is 1.87.